The van der Waals surface area contributed by atoms with Gasteiger partial charge in [-0.05, 0) is 80.7 Å². The van der Waals surface area contributed by atoms with Gasteiger partial charge >= 0.3 is 0 Å². The lowest BCUT2D eigenvalue weighted by atomic mass is 9.80. The molecule has 1 fully saturated rings. The molecule has 1 aliphatic heterocycles. The number of likely N-dealkylation sites (tertiary alicyclic amines) is 1. The molecule has 4 nitrogen and oxygen atoms in total. The summed E-state index contributed by atoms with van der Waals surface area (Å²) in [6.45, 7) is 4.06. The Morgan fingerprint density at radius 3 is 2.48 bits per heavy atom. The minimum atomic E-state index is 0.130. The maximum Gasteiger partial charge on any atom is 0.226 e. The molecule has 4 rings (SSSR count). The highest BCUT2D eigenvalue weighted by Crippen LogP contribution is 2.37. The minimum Gasteiger partial charge on any atom is -0.345 e. The maximum atomic E-state index is 12.8. The highest BCUT2D eigenvalue weighted by atomic mass is 79.9. The smallest absolute Gasteiger partial charge is 0.226 e. The van der Waals surface area contributed by atoms with Gasteiger partial charge in [0.2, 0.25) is 5.91 Å². The Bertz CT molecular complexity index is 993. The molecule has 0 aromatic heterocycles. The van der Waals surface area contributed by atoms with E-state index < -0.39 is 0 Å². The van der Waals surface area contributed by atoms with Crippen LogP contribution in [0.1, 0.15) is 42.4 Å². The molecule has 0 atom stereocenters. The van der Waals surface area contributed by atoms with Crippen LogP contribution in [0.4, 0.5) is 0 Å². The van der Waals surface area contributed by atoms with Crippen LogP contribution in [0.2, 0.25) is 0 Å². The molecule has 1 aliphatic carbocycles. The van der Waals surface area contributed by atoms with Crippen molar-refractivity contribution in [2.45, 2.75) is 37.6 Å². The number of hydrogen-bond donors (Lipinski definition) is 0. The highest BCUT2D eigenvalue weighted by Gasteiger charge is 2.37. The van der Waals surface area contributed by atoms with Gasteiger partial charge in [-0.3, -0.25) is 9.69 Å². The molecule has 0 N–H and O–H groups in total. The van der Waals surface area contributed by atoms with Gasteiger partial charge in [-0.1, -0.05) is 58.4 Å². The summed E-state index contributed by atoms with van der Waals surface area (Å²) in [6.07, 6.45) is 6.93. The van der Waals surface area contributed by atoms with Crippen LogP contribution in [-0.2, 0) is 16.8 Å². The minimum absolute atomic E-state index is 0.130. The van der Waals surface area contributed by atoms with Crippen LogP contribution in [0.15, 0.2) is 59.1 Å². The summed E-state index contributed by atoms with van der Waals surface area (Å²) in [4.78, 5) is 19.7. The number of piperidine rings is 1. The summed E-state index contributed by atoms with van der Waals surface area (Å²) in [5.41, 5.74) is 5.26. The van der Waals surface area contributed by atoms with E-state index in [1.165, 1.54) is 22.3 Å². The Morgan fingerprint density at radius 1 is 1.06 bits per heavy atom. The Kier molecular flexibility index (Phi) is 7.72. The lowest BCUT2D eigenvalue weighted by Crippen LogP contribution is -2.50. The molecular weight excluding hydrogens is 474 g/mol. The number of nitrogens with zero attached hydrogens (tertiary/aromatic N) is 3. The monoisotopic (exact) mass is 509 g/mol. The SMILES string of the molecule is CN(CCCN1CCC(c2ccccc2)(N(C)C)CC1)C(=O)CC1=CCc2ccc(Br)cc21. The van der Waals surface area contributed by atoms with Crippen molar-refractivity contribution in [3.8, 4) is 0 Å². The first-order valence-corrected chi connectivity index (χ1v) is 12.9. The number of carbonyl (C=O) groups excluding carboxylic acids is 1. The normalized spacial score (nSPS) is 17.7. The average molecular weight is 511 g/mol. The van der Waals surface area contributed by atoms with Crippen molar-refractivity contribution in [3.63, 3.8) is 0 Å². The zero-order valence-electron chi connectivity index (χ0n) is 20.2. The van der Waals surface area contributed by atoms with E-state index >= 15 is 0 Å². The van der Waals surface area contributed by atoms with Crippen LogP contribution in [0.25, 0.3) is 5.57 Å². The Balaban J connectivity index is 1.23. The predicted octanol–water partition coefficient (Wildman–Crippen LogP) is 5.18. The van der Waals surface area contributed by atoms with Gasteiger partial charge in [0.15, 0.2) is 0 Å². The van der Waals surface area contributed by atoms with Crippen LogP contribution in [0.5, 0.6) is 0 Å². The molecule has 1 amide bonds. The van der Waals surface area contributed by atoms with E-state index in [0.717, 1.165) is 56.3 Å². The Labute approximate surface area is 207 Å². The molecule has 0 radical (unpaired) electrons. The number of carbonyl (C=O) groups is 1. The van der Waals surface area contributed by atoms with Gasteiger partial charge in [-0.25, -0.2) is 0 Å². The summed E-state index contributed by atoms with van der Waals surface area (Å²) >= 11 is 3.56. The van der Waals surface area contributed by atoms with E-state index in [-0.39, 0.29) is 11.4 Å². The number of allylic oxidation sites excluding steroid dienone is 1. The molecule has 1 saturated heterocycles. The molecule has 0 saturated carbocycles. The summed E-state index contributed by atoms with van der Waals surface area (Å²) in [6, 6.07) is 17.3. The molecule has 2 aliphatic rings. The molecule has 33 heavy (non-hydrogen) atoms. The predicted molar refractivity (Wildman–Crippen MR) is 140 cm³/mol. The van der Waals surface area contributed by atoms with E-state index in [0.29, 0.717) is 6.42 Å². The van der Waals surface area contributed by atoms with Crippen molar-refractivity contribution in [2.75, 3.05) is 47.3 Å². The van der Waals surface area contributed by atoms with E-state index in [1.54, 1.807) is 0 Å². The average Bonchev–Trinajstić information content (AvgIpc) is 3.21. The lowest BCUT2D eigenvalue weighted by Gasteiger charge is -2.46. The molecule has 1 heterocycles. The zero-order chi connectivity index (χ0) is 23.4. The van der Waals surface area contributed by atoms with Crippen LogP contribution in [0.3, 0.4) is 0 Å². The van der Waals surface area contributed by atoms with Gasteiger partial charge in [-0.15, -0.1) is 0 Å². The van der Waals surface area contributed by atoms with E-state index in [2.05, 4.69) is 94.4 Å². The fourth-order valence-corrected chi connectivity index (χ4v) is 5.74. The lowest BCUT2D eigenvalue weighted by molar-refractivity contribution is -0.128. The Hall–Kier alpha value is -1.95. The number of hydrogen-bond acceptors (Lipinski definition) is 3. The van der Waals surface area contributed by atoms with Crippen molar-refractivity contribution in [1.82, 2.24) is 14.7 Å². The molecule has 0 spiro atoms. The first-order valence-electron chi connectivity index (χ1n) is 12.1. The van der Waals surface area contributed by atoms with Gasteiger partial charge in [0.05, 0.1) is 6.42 Å². The fourth-order valence-electron chi connectivity index (χ4n) is 5.38. The largest absolute Gasteiger partial charge is 0.345 e. The van der Waals surface area contributed by atoms with E-state index in [4.69, 9.17) is 0 Å². The first kappa shape index (κ1) is 24.2. The molecule has 5 heteroatoms. The number of benzene rings is 2. The second-order valence-corrected chi connectivity index (χ2v) is 10.6. The molecule has 2 aromatic rings. The first-order chi connectivity index (χ1) is 15.9. The van der Waals surface area contributed by atoms with Crippen molar-refractivity contribution in [2.24, 2.45) is 0 Å². The van der Waals surface area contributed by atoms with E-state index in [1.807, 2.05) is 11.9 Å². The molecule has 0 unspecified atom stereocenters. The molecule has 176 valence electrons. The number of rotatable bonds is 8. The molecule has 0 bridgehead atoms. The van der Waals surface area contributed by atoms with Crippen LogP contribution < -0.4 is 0 Å². The van der Waals surface area contributed by atoms with Crippen LogP contribution >= 0.6 is 15.9 Å². The highest BCUT2D eigenvalue weighted by molar-refractivity contribution is 9.10. The van der Waals surface area contributed by atoms with Crippen molar-refractivity contribution in [3.05, 3.63) is 75.8 Å². The summed E-state index contributed by atoms with van der Waals surface area (Å²) < 4.78 is 1.07. The third-order valence-electron chi connectivity index (χ3n) is 7.57. The summed E-state index contributed by atoms with van der Waals surface area (Å²) in [5, 5.41) is 0. The number of halogens is 1. The topological polar surface area (TPSA) is 26.8 Å². The van der Waals surface area contributed by atoms with Gasteiger partial charge in [0, 0.05) is 36.7 Å². The fraction of sp³-hybridized carbons (Fsp3) is 0.464. The van der Waals surface area contributed by atoms with Gasteiger partial charge < -0.3 is 9.80 Å². The van der Waals surface area contributed by atoms with Crippen LogP contribution in [-0.4, -0.2) is 67.9 Å². The van der Waals surface area contributed by atoms with Crippen molar-refractivity contribution < 1.29 is 4.79 Å². The molecule has 2 aromatic carbocycles. The van der Waals surface area contributed by atoms with Crippen LogP contribution in [0, 0.1) is 0 Å². The second kappa shape index (κ2) is 10.5. The van der Waals surface area contributed by atoms with Crippen molar-refractivity contribution >= 4 is 27.4 Å². The Morgan fingerprint density at radius 2 is 1.79 bits per heavy atom. The maximum absolute atomic E-state index is 12.8. The zero-order valence-corrected chi connectivity index (χ0v) is 21.8. The molecular formula is C28H36BrN3O. The number of amides is 1. The third kappa shape index (κ3) is 5.42. The summed E-state index contributed by atoms with van der Waals surface area (Å²) in [7, 11) is 6.36. The van der Waals surface area contributed by atoms with Crippen molar-refractivity contribution in [1.29, 1.82) is 0 Å². The third-order valence-corrected chi connectivity index (χ3v) is 8.07. The van der Waals surface area contributed by atoms with Gasteiger partial charge in [0.1, 0.15) is 0 Å². The second-order valence-electron chi connectivity index (χ2n) is 9.71. The van der Waals surface area contributed by atoms with E-state index in [9.17, 15) is 4.79 Å². The number of fused-ring (bicyclic) bond motifs is 1. The van der Waals surface area contributed by atoms with Gasteiger partial charge in [-0.2, -0.15) is 0 Å². The standard InChI is InChI=1S/C28H36BrN3O/c1-30(2)28(24-8-5-4-6-9-24)14-18-32(19-15-28)17-7-16-31(3)27(33)20-23-11-10-22-12-13-25(29)21-26(22)23/h4-6,8-9,11-13,21H,7,10,14-20H2,1-3H3. The summed E-state index contributed by atoms with van der Waals surface area (Å²) in [5.74, 6) is 0.212. The quantitative estimate of drug-likeness (QED) is 0.490. The van der Waals surface area contributed by atoms with Gasteiger partial charge in [0.25, 0.3) is 0 Å².